The minimum absolute atomic E-state index is 0.334. The molecule has 0 bridgehead atoms. The Balaban J connectivity index is 2.36. The van der Waals surface area contributed by atoms with Gasteiger partial charge in [-0.25, -0.2) is 4.79 Å². The number of nitrogens with one attached hydrogen (secondary N) is 2. The monoisotopic (exact) mass is 348 g/mol. The van der Waals surface area contributed by atoms with Crippen LogP contribution in [-0.2, 0) is 9.53 Å². The Morgan fingerprint density at radius 1 is 1.29 bits per heavy atom. The van der Waals surface area contributed by atoms with E-state index in [1.165, 1.54) is 0 Å². The molecule has 1 aliphatic heterocycles. The summed E-state index contributed by atoms with van der Waals surface area (Å²) in [6.07, 6.45) is 1.82. The molecule has 1 aromatic rings. The van der Waals surface area contributed by atoms with Gasteiger partial charge in [0, 0.05) is 11.3 Å². The van der Waals surface area contributed by atoms with E-state index in [4.69, 9.17) is 21.7 Å². The summed E-state index contributed by atoms with van der Waals surface area (Å²) in [5.41, 5.74) is 2.10. The van der Waals surface area contributed by atoms with E-state index in [1.807, 2.05) is 38.1 Å². The molecule has 0 saturated carbocycles. The highest BCUT2D eigenvalue weighted by Crippen LogP contribution is 2.33. The standard InChI is InChI=1S/C18H24N2O3S/c1-4-6-11-23-17(21)15-12(3)19-18(24)20-16(15)13-9-7-8-10-14(13)22-5-2/h7-10,16H,4-6,11H2,1-3H3,(H2,19,20,24). The molecular formula is C18H24N2O3S. The summed E-state index contributed by atoms with van der Waals surface area (Å²) in [4.78, 5) is 12.6. The number of ether oxygens (including phenoxy) is 2. The number of unbranched alkanes of at least 4 members (excludes halogenated alkanes) is 1. The van der Waals surface area contributed by atoms with Crippen molar-refractivity contribution in [1.82, 2.24) is 10.6 Å². The van der Waals surface area contributed by atoms with Crippen molar-refractivity contribution >= 4 is 23.3 Å². The number of rotatable bonds is 7. The van der Waals surface area contributed by atoms with Gasteiger partial charge < -0.3 is 20.1 Å². The second-order valence-corrected chi connectivity index (χ2v) is 5.94. The second-order valence-electron chi connectivity index (χ2n) is 5.53. The number of hydrogen-bond donors (Lipinski definition) is 2. The Kier molecular flexibility index (Phi) is 6.61. The first-order chi connectivity index (χ1) is 11.6. The molecule has 0 aliphatic carbocycles. The second kappa shape index (κ2) is 8.68. The predicted octanol–water partition coefficient (Wildman–Crippen LogP) is 3.22. The quantitative estimate of drug-likeness (QED) is 0.448. The Morgan fingerprint density at radius 3 is 2.75 bits per heavy atom. The first-order valence-electron chi connectivity index (χ1n) is 8.25. The number of carbonyl (C=O) groups excluding carboxylic acids is 1. The average Bonchev–Trinajstić information content (AvgIpc) is 2.55. The van der Waals surface area contributed by atoms with E-state index in [2.05, 4.69) is 17.6 Å². The molecule has 0 saturated heterocycles. The van der Waals surface area contributed by atoms with Crippen LogP contribution in [0.2, 0.25) is 0 Å². The SMILES string of the molecule is CCCCOC(=O)C1=C(C)NC(=S)NC1c1ccccc1OCC. The topological polar surface area (TPSA) is 59.6 Å². The molecule has 2 N–H and O–H groups in total. The van der Waals surface area contributed by atoms with Crippen LogP contribution >= 0.6 is 12.2 Å². The number of hydrogen-bond acceptors (Lipinski definition) is 4. The molecule has 5 nitrogen and oxygen atoms in total. The maximum absolute atomic E-state index is 12.6. The van der Waals surface area contributed by atoms with E-state index in [1.54, 1.807) is 0 Å². The molecule has 1 aliphatic rings. The molecule has 1 atom stereocenters. The average molecular weight is 348 g/mol. The van der Waals surface area contributed by atoms with E-state index in [-0.39, 0.29) is 5.97 Å². The molecular weight excluding hydrogens is 324 g/mol. The molecule has 0 spiro atoms. The number of para-hydroxylation sites is 1. The fraction of sp³-hybridized carbons (Fsp3) is 0.444. The zero-order valence-electron chi connectivity index (χ0n) is 14.3. The lowest BCUT2D eigenvalue weighted by molar-refractivity contribution is -0.139. The maximum Gasteiger partial charge on any atom is 0.338 e. The molecule has 1 heterocycles. The van der Waals surface area contributed by atoms with Gasteiger partial charge in [0.2, 0.25) is 0 Å². The van der Waals surface area contributed by atoms with E-state index >= 15 is 0 Å². The normalized spacial score (nSPS) is 17.1. The van der Waals surface area contributed by atoms with E-state index in [0.717, 1.165) is 24.2 Å². The first-order valence-corrected chi connectivity index (χ1v) is 8.66. The van der Waals surface area contributed by atoms with Crippen LogP contribution in [0.25, 0.3) is 0 Å². The smallest absolute Gasteiger partial charge is 0.338 e. The number of thiocarbonyl (C=S) groups is 1. The zero-order valence-corrected chi connectivity index (χ0v) is 15.2. The van der Waals surface area contributed by atoms with Crippen molar-refractivity contribution in [3.63, 3.8) is 0 Å². The van der Waals surface area contributed by atoms with Crippen LogP contribution < -0.4 is 15.4 Å². The number of carbonyl (C=O) groups is 1. The van der Waals surface area contributed by atoms with Crippen LogP contribution in [0.1, 0.15) is 45.2 Å². The van der Waals surface area contributed by atoms with Gasteiger partial charge in [0.05, 0.1) is 24.8 Å². The lowest BCUT2D eigenvalue weighted by atomic mass is 9.95. The van der Waals surface area contributed by atoms with Gasteiger partial charge in [0.1, 0.15) is 5.75 Å². The molecule has 0 radical (unpaired) electrons. The van der Waals surface area contributed by atoms with Crippen molar-refractivity contribution < 1.29 is 14.3 Å². The van der Waals surface area contributed by atoms with Gasteiger partial charge in [0.15, 0.2) is 5.11 Å². The first kappa shape index (κ1) is 18.3. The maximum atomic E-state index is 12.6. The van der Waals surface area contributed by atoms with Crippen LogP contribution in [-0.4, -0.2) is 24.3 Å². The van der Waals surface area contributed by atoms with E-state index in [0.29, 0.717) is 29.6 Å². The van der Waals surface area contributed by atoms with Crippen molar-refractivity contribution in [3.8, 4) is 5.75 Å². The lowest BCUT2D eigenvalue weighted by Crippen LogP contribution is -2.45. The molecule has 6 heteroatoms. The van der Waals surface area contributed by atoms with Crippen molar-refractivity contribution in [2.45, 2.75) is 39.7 Å². The van der Waals surface area contributed by atoms with Gasteiger partial charge in [-0.05, 0) is 38.6 Å². The van der Waals surface area contributed by atoms with Gasteiger partial charge >= 0.3 is 5.97 Å². The molecule has 1 unspecified atom stereocenters. The Hall–Kier alpha value is -2.08. The minimum Gasteiger partial charge on any atom is -0.494 e. The Labute approximate surface area is 148 Å². The highest BCUT2D eigenvalue weighted by atomic mass is 32.1. The van der Waals surface area contributed by atoms with Crippen LogP contribution in [0, 0.1) is 0 Å². The number of allylic oxidation sites excluding steroid dienone is 1. The van der Waals surface area contributed by atoms with Crippen molar-refractivity contribution in [1.29, 1.82) is 0 Å². The van der Waals surface area contributed by atoms with E-state index in [9.17, 15) is 4.79 Å². The summed E-state index contributed by atoms with van der Waals surface area (Å²) in [5.74, 6) is 0.397. The number of benzene rings is 1. The molecule has 130 valence electrons. The molecule has 2 rings (SSSR count). The third-order valence-electron chi connectivity index (χ3n) is 3.75. The summed E-state index contributed by atoms with van der Waals surface area (Å²) in [7, 11) is 0. The van der Waals surface area contributed by atoms with Crippen LogP contribution in [0.3, 0.4) is 0 Å². The van der Waals surface area contributed by atoms with Gasteiger partial charge in [-0.1, -0.05) is 31.5 Å². The van der Waals surface area contributed by atoms with E-state index < -0.39 is 6.04 Å². The highest BCUT2D eigenvalue weighted by Gasteiger charge is 2.32. The third-order valence-corrected chi connectivity index (χ3v) is 3.97. The molecule has 1 aromatic carbocycles. The molecule has 24 heavy (non-hydrogen) atoms. The van der Waals surface area contributed by atoms with Crippen LogP contribution in [0.4, 0.5) is 0 Å². The molecule has 0 amide bonds. The van der Waals surface area contributed by atoms with Gasteiger partial charge in [0.25, 0.3) is 0 Å². The Bertz CT molecular complexity index is 643. The zero-order chi connectivity index (χ0) is 17.5. The van der Waals surface area contributed by atoms with Crippen molar-refractivity contribution in [2.24, 2.45) is 0 Å². The van der Waals surface area contributed by atoms with Gasteiger partial charge in [-0.3, -0.25) is 0 Å². The van der Waals surface area contributed by atoms with Crippen molar-refractivity contribution in [2.75, 3.05) is 13.2 Å². The fourth-order valence-electron chi connectivity index (χ4n) is 2.59. The van der Waals surface area contributed by atoms with Crippen LogP contribution in [0.5, 0.6) is 5.75 Å². The Morgan fingerprint density at radius 2 is 2.04 bits per heavy atom. The summed E-state index contributed by atoms with van der Waals surface area (Å²) >= 11 is 5.26. The summed E-state index contributed by atoms with van der Waals surface area (Å²) < 4.78 is 11.1. The summed E-state index contributed by atoms with van der Waals surface area (Å²) in [6.45, 7) is 6.78. The fourth-order valence-corrected chi connectivity index (χ4v) is 2.86. The molecule has 0 aromatic heterocycles. The van der Waals surface area contributed by atoms with Gasteiger partial charge in [-0.2, -0.15) is 0 Å². The van der Waals surface area contributed by atoms with Crippen LogP contribution in [0.15, 0.2) is 35.5 Å². The summed E-state index contributed by atoms with van der Waals surface area (Å²) in [5, 5.41) is 6.66. The largest absolute Gasteiger partial charge is 0.494 e. The third kappa shape index (κ3) is 4.26. The van der Waals surface area contributed by atoms with Crippen molar-refractivity contribution in [3.05, 3.63) is 41.1 Å². The lowest BCUT2D eigenvalue weighted by Gasteiger charge is -2.30. The highest BCUT2D eigenvalue weighted by molar-refractivity contribution is 7.80. The minimum atomic E-state index is -0.393. The predicted molar refractivity (Wildman–Crippen MR) is 97.8 cm³/mol. The molecule has 0 fully saturated rings. The number of esters is 1. The summed E-state index contributed by atoms with van der Waals surface area (Å²) in [6, 6.07) is 7.25. The van der Waals surface area contributed by atoms with Gasteiger partial charge in [-0.15, -0.1) is 0 Å².